The van der Waals surface area contributed by atoms with Crippen LogP contribution < -0.4 is 16.0 Å². The molecule has 0 atom stereocenters. The summed E-state index contributed by atoms with van der Waals surface area (Å²) in [5.74, 6) is 0.298. The lowest BCUT2D eigenvalue weighted by atomic mass is 10.3. The summed E-state index contributed by atoms with van der Waals surface area (Å²) in [6.07, 6.45) is 1.98. The molecule has 0 aromatic heterocycles. The third-order valence-electron chi connectivity index (χ3n) is 2.76. The molecule has 3 amide bonds. The quantitative estimate of drug-likeness (QED) is 0.725. The molecule has 3 N–H and O–H groups in total. The Hall–Kier alpha value is -1.56. The summed E-state index contributed by atoms with van der Waals surface area (Å²) < 4.78 is 0.959. The summed E-state index contributed by atoms with van der Waals surface area (Å²) in [6.45, 7) is 0.879. The fourth-order valence-corrected chi connectivity index (χ4v) is 1.82. The number of anilines is 1. The van der Waals surface area contributed by atoms with Crippen molar-refractivity contribution in [3.8, 4) is 0 Å². The van der Waals surface area contributed by atoms with E-state index >= 15 is 0 Å². The van der Waals surface area contributed by atoms with Crippen molar-refractivity contribution in [3.63, 3.8) is 0 Å². The smallest absolute Gasteiger partial charge is 0.319 e. The van der Waals surface area contributed by atoms with E-state index in [1.54, 1.807) is 12.1 Å². The van der Waals surface area contributed by atoms with Crippen LogP contribution in [-0.4, -0.2) is 25.0 Å². The van der Waals surface area contributed by atoms with Gasteiger partial charge in [0.2, 0.25) is 5.91 Å². The van der Waals surface area contributed by atoms with Crippen LogP contribution in [0.3, 0.4) is 0 Å². The fraction of sp³-hybridized carbons (Fsp3) is 0.385. The second-order valence-electron chi connectivity index (χ2n) is 4.45. The lowest BCUT2D eigenvalue weighted by molar-refractivity contribution is -0.122. The van der Waals surface area contributed by atoms with Gasteiger partial charge in [0.15, 0.2) is 0 Å². The minimum Gasteiger partial charge on any atom is -0.354 e. The molecule has 0 spiro atoms. The number of hydrogen-bond acceptors (Lipinski definition) is 2. The maximum atomic E-state index is 11.5. The molecular weight excluding hydrogens is 310 g/mol. The maximum absolute atomic E-state index is 11.5. The van der Waals surface area contributed by atoms with Crippen LogP contribution in [0.1, 0.15) is 12.8 Å². The molecule has 6 heteroatoms. The van der Waals surface area contributed by atoms with E-state index in [9.17, 15) is 9.59 Å². The van der Waals surface area contributed by atoms with Crippen molar-refractivity contribution in [1.82, 2.24) is 10.6 Å². The molecule has 0 bridgehead atoms. The van der Waals surface area contributed by atoms with E-state index in [2.05, 4.69) is 31.9 Å². The molecule has 1 fully saturated rings. The van der Waals surface area contributed by atoms with Crippen molar-refractivity contribution < 1.29 is 9.59 Å². The summed E-state index contributed by atoms with van der Waals surface area (Å²) >= 11 is 3.32. The molecule has 0 saturated heterocycles. The Bertz CT molecular complexity index is 457. The first-order valence-corrected chi connectivity index (χ1v) is 7.02. The largest absolute Gasteiger partial charge is 0.354 e. The third-order valence-corrected chi connectivity index (χ3v) is 3.29. The number of urea groups is 1. The van der Waals surface area contributed by atoms with Gasteiger partial charge in [-0.2, -0.15) is 0 Å². The van der Waals surface area contributed by atoms with Crippen LogP contribution in [0.15, 0.2) is 28.7 Å². The van der Waals surface area contributed by atoms with Gasteiger partial charge in [-0.25, -0.2) is 4.79 Å². The lowest BCUT2D eigenvalue weighted by Gasteiger charge is -2.08. The van der Waals surface area contributed by atoms with Crippen molar-refractivity contribution in [3.05, 3.63) is 28.7 Å². The number of benzene rings is 1. The Morgan fingerprint density at radius 1 is 1.11 bits per heavy atom. The normalized spacial score (nSPS) is 13.7. The van der Waals surface area contributed by atoms with Crippen molar-refractivity contribution in [2.75, 3.05) is 18.4 Å². The Balaban J connectivity index is 1.61. The van der Waals surface area contributed by atoms with Crippen LogP contribution in [0.4, 0.5) is 10.5 Å². The third kappa shape index (κ3) is 4.90. The molecule has 0 unspecified atom stereocenters. The monoisotopic (exact) mass is 325 g/mol. The second kappa shape index (κ2) is 6.56. The van der Waals surface area contributed by atoms with E-state index in [1.165, 1.54) is 0 Å². The van der Waals surface area contributed by atoms with Gasteiger partial charge in [0.25, 0.3) is 0 Å². The zero-order valence-corrected chi connectivity index (χ0v) is 12.0. The molecule has 2 rings (SSSR count). The maximum Gasteiger partial charge on any atom is 0.319 e. The molecule has 0 heterocycles. The highest BCUT2D eigenvalue weighted by Crippen LogP contribution is 2.28. The minimum atomic E-state index is -0.275. The molecule has 1 saturated carbocycles. The molecule has 19 heavy (non-hydrogen) atoms. The van der Waals surface area contributed by atoms with Gasteiger partial charge in [0, 0.05) is 29.2 Å². The van der Waals surface area contributed by atoms with Crippen molar-refractivity contribution in [1.29, 1.82) is 0 Å². The molecule has 0 aliphatic heterocycles. The van der Waals surface area contributed by atoms with E-state index in [4.69, 9.17) is 0 Å². The number of amides is 3. The highest BCUT2D eigenvalue weighted by molar-refractivity contribution is 9.10. The highest BCUT2D eigenvalue weighted by Gasteiger charge is 2.28. The van der Waals surface area contributed by atoms with E-state index in [0.717, 1.165) is 23.0 Å². The number of hydrogen-bond donors (Lipinski definition) is 3. The Kier molecular flexibility index (Phi) is 4.79. The van der Waals surface area contributed by atoms with E-state index in [1.807, 2.05) is 12.1 Å². The predicted molar refractivity (Wildman–Crippen MR) is 76.9 cm³/mol. The van der Waals surface area contributed by atoms with Gasteiger partial charge in [-0.05, 0) is 37.1 Å². The van der Waals surface area contributed by atoms with Crippen LogP contribution in [0, 0.1) is 5.92 Å². The van der Waals surface area contributed by atoms with Gasteiger partial charge in [-0.3, -0.25) is 4.79 Å². The van der Waals surface area contributed by atoms with Crippen LogP contribution in [0.5, 0.6) is 0 Å². The van der Waals surface area contributed by atoms with Crippen LogP contribution in [0.2, 0.25) is 0 Å². The highest BCUT2D eigenvalue weighted by atomic mass is 79.9. The second-order valence-corrected chi connectivity index (χ2v) is 5.37. The van der Waals surface area contributed by atoms with Gasteiger partial charge >= 0.3 is 6.03 Å². The van der Waals surface area contributed by atoms with E-state index in [0.29, 0.717) is 13.1 Å². The van der Waals surface area contributed by atoms with Crippen LogP contribution in [-0.2, 0) is 4.79 Å². The SMILES string of the molecule is O=C(NCCNC(=O)C1CC1)Nc1ccc(Br)cc1. The van der Waals surface area contributed by atoms with Crippen molar-refractivity contribution >= 4 is 33.6 Å². The molecule has 5 nitrogen and oxygen atoms in total. The summed E-state index contributed by atoms with van der Waals surface area (Å²) in [5, 5.41) is 8.18. The molecule has 0 radical (unpaired) electrons. The zero-order valence-electron chi connectivity index (χ0n) is 10.4. The fourth-order valence-electron chi connectivity index (χ4n) is 1.56. The first kappa shape index (κ1) is 13.9. The van der Waals surface area contributed by atoms with Crippen molar-refractivity contribution in [2.24, 2.45) is 5.92 Å². The Morgan fingerprint density at radius 3 is 2.37 bits per heavy atom. The first-order valence-electron chi connectivity index (χ1n) is 6.23. The van der Waals surface area contributed by atoms with Crippen LogP contribution in [0.25, 0.3) is 0 Å². The molecule has 1 aromatic carbocycles. The molecule has 1 aliphatic rings. The lowest BCUT2D eigenvalue weighted by Crippen LogP contribution is -2.37. The van der Waals surface area contributed by atoms with Crippen molar-refractivity contribution in [2.45, 2.75) is 12.8 Å². The number of carbonyl (C=O) groups excluding carboxylic acids is 2. The average Bonchev–Trinajstić information content (AvgIpc) is 3.21. The Morgan fingerprint density at radius 2 is 1.74 bits per heavy atom. The molecule has 1 aliphatic carbocycles. The zero-order chi connectivity index (χ0) is 13.7. The number of nitrogens with one attached hydrogen (secondary N) is 3. The summed E-state index contributed by atoms with van der Waals surface area (Å²) in [4.78, 5) is 22.9. The standard InChI is InChI=1S/C13H16BrN3O2/c14-10-3-5-11(6-4-10)17-13(19)16-8-7-15-12(18)9-1-2-9/h3-6,9H,1-2,7-8H2,(H,15,18)(H2,16,17,19). The average molecular weight is 326 g/mol. The van der Waals surface area contributed by atoms with Gasteiger partial charge in [-0.1, -0.05) is 15.9 Å². The predicted octanol–water partition coefficient (Wildman–Crippen LogP) is 2.10. The number of carbonyl (C=O) groups is 2. The van der Waals surface area contributed by atoms with E-state index < -0.39 is 0 Å². The Labute approximate surface area is 120 Å². The van der Waals surface area contributed by atoms with Gasteiger partial charge < -0.3 is 16.0 Å². The van der Waals surface area contributed by atoms with Crippen LogP contribution >= 0.6 is 15.9 Å². The molecule has 102 valence electrons. The number of halogens is 1. The topological polar surface area (TPSA) is 70.2 Å². The van der Waals surface area contributed by atoms with E-state index in [-0.39, 0.29) is 17.9 Å². The summed E-state index contributed by atoms with van der Waals surface area (Å²) in [5.41, 5.74) is 0.725. The summed E-state index contributed by atoms with van der Waals surface area (Å²) in [7, 11) is 0. The first-order chi connectivity index (χ1) is 9.15. The van der Waals surface area contributed by atoms with Gasteiger partial charge in [0.1, 0.15) is 0 Å². The summed E-state index contributed by atoms with van der Waals surface area (Å²) in [6, 6.07) is 7.04. The van der Waals surface area contributed by atoms with Gasteiger partial charge in [-0.15, -0.1) is 0 Å². The minimum absolute atomic E-state index is 0.0927. The molecular formula is C13H16BrN3O2. The number of rotatable bonds is 5. The molecule has 1 aromatic rings. The van der Waals surface area contributed by atoms with Gasteiger partial charge in [0.05, 0.1) is 0 Å².